The molecule has 1 heterocycles. The highest BCUT2D eigenvalue weighted by Crippen LogP contribution is 2.22. The Balaban J connectivity index is 1.92. The van der Waals surface area contributed by atoms with Gasteiger partial charge in [-0.2, -0.15) is 5.10 Å². The topological polar surface area (TPSA) is 34.9 Å². The van der Waals surface area contributed by atoms with E-state index in [4.69, 9.17) is 11.6 Å². The maximum absolute atomic E-state index is 12.1. The molecule has 2 rings (SSSR count). The van der Waals surface area contributed by atoms with E-state index in [1.54, 1.807) is 0 Å². The molecule has 0 bridgehead atoms. The van der Waals surface area contributed by atoms with Crippen molar-refractivity contribution in [3.8, 4) is 0 Å². The van der Waals surface area contributed by atoms with Crippen LogP contribution in [0.15, 0.2) is 35.2 Å². The van der Waals surface area contributed by atoms with E-state index in [1.165, 1.54) is 11.8 Å². The Morgan fingerprint density at radius 3 is 2.90 bits per heavy atom. The lowest BCUT2D eigenvalue weighted by molar-refractivity contribution is -0.116. The van der Waals surface area contributed by atoms with Crippen molar-refractivity contribution in [3.63, 3.8) is 0 Å². The van der Waals surface area contributed by atoms with E-state index in [0.29, 0.717) is 17.2 Å². The first kappa shape index (κ1) is 15.1. The molecule has 1 aromatic carbocycles. The van der Waals surface area contributed by atoms with Gasteiger partial charge in [-0.1, -0.05) is 17.7 Å². The summed E-state index contributed by atoms with van der Waals surface area (Å²) in [6.07, 6.45) is 0.433. The fraction of sp³-hybridized carbons (Fsp3) is 0.333. The third-order valence-electron chi connectivity index (χ3n) is 2.86. The molecule has 3 nitrogen and oxygen atoms in total. The molecule has 0 aliphatic rings. The number of halogens is 1. The molecule has 5 heteroatoms. The predicted octanol–water partition coefficient (Wildman–Crippen LogP) is 3.77. The average molecular weight is 309 g/mol. The highest BCUT2D eigenvalue weighted by molar-refractivity contribution is 8.00. The number of hydrogen-bond acceptors (Lipinski definition) is 3. The lowest BCUT2D eigenvalue weighted by atomic mass is 10.2. The quantitative estimate of drug-likeness (QED) is 0.762. The molecule has 1 aromatic heterocycles. The monoisotopic (exact) mass is 308 g/mol. The number of Topliss-reactive ketones (excluding diaryl/α,β-unsaturated/α-hetero) is 1. The first-order valence-electron chi connectivity index (χ1n) is 6.52. The SMILES string of the molecule is CCn1nc(C)cc1CC(=O)CSc1cccc(Cl)c1. The van der Waals surface area contributed by atoms with Crippen LogP contribution in [0.25, 0.3) is 0 Å². The Bertz CT molecular complexity index is 610. The van der Waals surface area contributed by atoms with Crippen molar-refractivity contribution >= 4 is 29.1 Å². The molecule has 2 aromatic rings. The second kappa shape index (κ2) is 6.95. The second-order valence-electron chi connectivity index (χ2n) is 4.55. The zero-order valence-corrected chi connectivity index (χ0v) is 13.2. The molecule has 106 valence electrons. The van der Waals surface area contributed by atoms with E-state index in [0.717, 1.165) is 22.8 Å². The molecule has 0 unspecified atom stereocenters. The molecule has 0 saturated heterocycles. The highest BCUT2D eigenvalue weighted by atomic mass is 35.5. The Morgan fingerprint density at radius 1 is 1.40 bits per heavy atom. The molecule has 0 spiro atoms. The van der Waals surface area contributed by atoms with Crippen molar-refractivity contribution in [3.05, 3.63) is 46.7 Å². The smallest absolute Gasteiger partial charge is 0.149 e. The van der Waals surface area contributed by atoms with Crippen molar-refractivity contribution in [1.82, 2.24) is 9.78 Å². The van der Waals surface area contributed by atoms with Crippen molar-refractivity contribution in [2.45, 2.75) is 31.7 Å². The van der Waals surface area contributed by atoms with Crippen LogP contribution >= 0.6 is 23.4 Å². The van der Waals surface area contributed by atoms with Crippen LogP contribution in [-0.2, 0) is 17.8 Å². The number of benzene rings is 1. The number of aromatic nitrogens is 2. The van der Waals surface area contributed by atoms with Gasteiger partial charge in [-0.05, 0) is 38.1 Å². The highest BCUT2D eigenvalue weighted by Gasteiger charge is 2.10. The summed E-state index contributed by atoms with van der Waals surface area (Å²) in [6, 6.07) is 9.54. The summed E-state index contributed by atoms with van der Waals surface area (Å²) in [6.45, 7) is 4.76. The zero-order chi connectivity index (χ0) is 14.5. The van der Waals surface area contributed by atoms with Crippen LogP contribution < -0.4 is 0 Å². The minimum atomic E-state index is 0.199. The summed E-state index contributed by atoms with van der Waals surface area (Å²) in [7, 11) is 0. The van der Waals surface area contributed by atoms with E-state index in [2.05, 4.69) is 5.10 Å². The van der Waals surface area contributed by atoms with Crippen LogP contribution in [0, 0.1) is 6.92 Å². The molecule has 0 radical (unpaired) electrons. The number of aryl methyl sites for hydroxylation is 2. The van der Waals surface area contributed by atoms with Crippen LogP contribution in [0.2, 0.25) is 5.02 Å². The molecule has 0 amide bonds. The van der Waals surface area contributed by atoms with Gasteiger partial charge in [-0.3, -0.25) is 9.48 Å². The van der Waals surface area contributed by atoms with Gasteiger partial charge in [-0.25, -0.2) is 0 Å². The van der Waals surface area contributed by atoms with Crippen LogP contribution in [-0.4, -0.2) is 21.3 Å². The van der Waals surface area contributed by atoms with Crippen LogP contribution in [0.3, 0.4) is 0 Å². The van der Waals surface area contributed by atoms with Gasteiger partial charge in [0.1, 0.15) is 5.78 Å². The summed E-state index contributed by atoms with van der Waals surface area (Å²) in [5.74, 6) is 0.651. The van der Waals surface area contributed by atoms with Crippen molar-refractivity contribution in [2.75, 3.05) is 5.75 Å². The van der Waals surface area contributed by atoms with Gasteiger partial charge in [0.15, 0.2) is 0 Å². The zero-order valence-electron chi connectivity index (χ0n) is 11.6. The Morgan fingerprint density at radius 2 is 2.20 bits per heavy atom. The number of nitrogens with zero attached hydrogens (tertiary/aromatic N) is 2. The summed E-state index contributed by atoms with van der Waals surface area (Å²) < 4.78 is 1.89. The van der Waals surface area contributed by atoms with E-state index in [9.17, 15) is 4.79 Å². The van der Waals surface area contributed by atoms with E-state index < -0.39 is 0 Å². The molecule has 0 saturated carbocycles. The van der Waals surface area contributed by atoms with Gasteiger partial charge in [0, 0.05) is 28.6 Å². The number of carbonyl (C=O) groups excluding carboxylic acids is 1. The maximum atomic E-state index is 12.1. The standard InChI is InChI=1S/C15H17ClN2OS/c1-3-18-13(7-11(2)17-18)9-14(19)10-20-15-6-4-5-12(16)8-15/h4-8H,3,9-10H2,1-2H3. The van der Waals surface area contributed by atoms with Gasteiger partial charge in [0.25, 0.3) is 0 Å². The molecule has 0 aliphatic carbocycles. The minimum absolute atomic E-state index is 0.199. The normalized spacial score (nSPS) is 10.8. The third kappa shape index (κ3) is 4.12. The number of hydrogen-bond donors (Lipinski definition) is 0. The Labute approximate surface area is 128 Å². The van der Waals surface area contributed by atoms with Crippen LogP contribution in [0.4, 0.5) is 0 Å². The maximum Gasteiger partial charge on any atom is 0.149 e. The summed E-state index contributed by atoms with van der Waals surface area (Å²) in [4.78, 5) is 13.1. The molecule has 0 aliphatic heterocycles. The fourth-order valence-electron chi connectivity index (χ4n) is 1.99. The van der Waals surface area contributed by atoms with Gasteiger partial charge >= 0.3 is 0 Å². The van der Waals surface area contributed by atoms with Gasteiger partial charge < -0.3 is 0 Å². The molecular weight excluding hydrogens is 292 g/mol. The van der Waals surface area contributed by atoms with Crippen LogP contribution in [0.1, 0.15) is 18.3 Å². The van der Waals surface area contributed by atoms with Crippen LogP contribution in [0.5, 0.6) is 0 Å². The predicted molar refractivity (Wildman–Crippen MR) is 83.5 cm³/mol. The summed E-state index contributed by atoms with van der Waals surface area (Å²) in [5, 5.41) is 5.05. The first-order valence-corrected chi connectivity index (χ1v) is 7.88. The van der Waals surface area contributed by atoms with E-state index in [1.807, 2.05) is 48.9 Å². The van der Waals surface area contributed by atoms with Gasteiger partial charge in [-0.15, -0.1) is 11.8 Å². The van der Waals surface area contributed by atoms with Gasteiger partial charge in [0.05, 0.1) is 11.4 Å². The average Bonchev–Trinajstić information content (AvgIpc) is 2.76. The molecule has 0 N–H and O–H groups in total. The third-order valence-corrected chi connectivity index (χ3v) is 4.15. The number of carbonyl (C=O) groups is 1. The molecule has 0 fully saturated rings. The number of rotatable bonds is 6. The lowest BCUT2D eigenvalue weighted by Gasteiger charge is -2.04. The summed E-state index contributed by atoms with van der Waals surface area (Å²) in [5.41, 5.74) is 1.94. The minimum Gasteiger partial charge on any atom is -0.298 e. The van der Waals surface area contributed by atoms with E-state index >= 15 is 0 Å². The second-order valence-corrected chi connectivity index (χ2v) is 6.04. The van der Waals surface area contributed by atoms with Gasteiger partial charge in [0.2, 0.25) is 0 Å². The first-order chi connectivity index (χ1) is 9.58. The van der Waals surface area contributed by atoms with Crippen molar-refractivity contribution < 1.29 is 4.79 Å². The molecule has 0 atom stereocenters. The molecule has 20 heavy (non-hydrogen) atoms. The van der Waals surface area contributed by atoms with Crippen molar-refractivity contribution in [2.24, 2.45) is 0 Å². The number of thioether (sulfide) groups is 1. The fourth-order valence-corrected chi connectivity index (χ4v) is 3.06. The largest absolute Gasteiger partial charge is 0.298 e. The lowest BCUT2D eigenvalue weighted by Crippen LogP contribution is -2.11. The Kier molecular flexibility index (Phi) is 5.26. The van der Waals surface area contributed by atoms with E-state index in [-0.39, 0.29) is 5.78 Å². The Hall–Kier alpha value is -1.26. The molecular formula is C15H17ClN2OS. The number of ketones is 1. The summed E-state index contributed by atoms with van der Waals surface area (Å²) >= 11 is 7.44. The van der Waals surface area contributed by atoms with Crippen molar-refractivity contribution in [1.29, 1.82) is 0 Å².